The predicted octanol–water partition coefficient (Wildman–Crippen LogP) is 0.851. The van der Waals surface area contributed by atoms with Gasteiger partial charge in [0.25, 0.3) is 0 Å². The van der Waals surface area contributed by atoms with E-state index < -0.39 is 0 Å². The molecule has 4 heteroatoms. The number of nitrogens with zero attached hydrogens (tertiary/aromatic N) is 1. The van der Waals surface area contributed by atoms with Crippen LogP contribution in [0.5, 0.6) is 0 Å². The molecular formula is C11H19NO3. The van der Waals surface area contributed by atoms with E-state index in [-0.39, 0.29) is 11.3 Å². The van der Waals surface area contributed by atoms with Gasteiger partial charge in [0.15, 0.2) is 0 Å². The van der Waals surface area contributed by atoms with Crippen LogP contribution < -0.4 is 0 Å². The van der Waals surface area contributed by atoms with Crippen LogP contribution in [-0.4, -0.2) is 43.4 Å². The lowest BCUT2D eigenvalue weighted by Gasteiger charge is -2.30. The van der Waals surface area contributed by atoms with Crippen LogP contribution in [0.25, 0.3) is 0 Å². The highest BCUT2D eigenvalue weighted by Gasteiger charge is 2.25. The topological polar surface area (TPSA) is 46.6 Å². The first kappa shape index (κ1) is 12.2. The number of carbonyl (C=O) groups excluding carboxylic acids is 2. The summed E-state index contributed by atoms with van der Waals surface area (Å²) in [7, 11) is 0. The summed E-state index contributed by atoms with van der Waals surface area (Å²) in [6.07, 6.45) is 1.75. The van der Waals surface area contributed by atoms with Crippen LogP contribution in [0.1, 0.15) is 26.7 Å². The van der Waals surface area contributed by atoms with E-state index in [9.17, 15) is 9.59 Å². The van der Waals surface area contributed by atoms with E-state index in [0.29, 0.717) is 39.1 Å². The molecule has 0 radical (unpaired) electrons. The number of hydrogen-bond donors (Lipinski definition) is 0. The number of hydrogen-bond acceptors (Lipinski definition) is 3. The van der Waals surface area contributed by atoms with Gasteiger partial charge in [-0.2, -0.15) is 0 Å². The Hall–Kier alpha value is -0.900. The van der Waals surface area contributed by atoms with Gasteiger partial charge in [0.05, 0.1) is 13.2 Å². The molecule has 15 heavy (non-hydrogen) atoms. The van der Waals surface area contributed by atoms with Gasteiger partial charge in [0, 0.05) is 25.9 Å². The Kier molecular flexibility index (Phi) is 4.27. The molecule has 1 saturated heterocycles. The number of rotatable bonds is 4. The summed E-state index contributed by atoms with van der Waals surface area (Å²) in [5, 5.41) is 0. The maximum absolute atomic E-state index is 11.8. The zero-order valence-electron chi connectivity index (χ0n) is 9.49. The maximum Gasteiger partial charge on any atom is 0.223 e. The molecule has 1 rings (SSSR count). The molecule has 0 aromatic heterocycles. The second-order valence-electron chi connectivity index (χ2n) is 4.70. The van der Waals surface area contributed by atoms with E-state index in [1.807, 2.05) is 18.7 Å². The van der Waals surface area contributed by atoms with Crippen molar-refractivity contribution in [3.05, 3.63) is 0 Å². The lowest BCUT2D eigenvalue weighted by molar-refractivity contribution is -0.137. The molecule has 1 heterocycles. The van der Waals surface area contributed by atoms with Crippen molar-refractivity contribution in [3.63, 3.8) is 0 Å². The van der Waals surface area contributed by atoms with E-state index in [4.69, 9.17) is 4.74 Å². The smallest absolute Gasteiger partial charge is 0.223 e. The van der Waals surface area contributed by atoms with Gasteiger partial charge in [0.2, 0.25) is 5.91 Å². The van der Waals surface area contributed by atoms with Crippen LogP contribution in [-0.2, 0) is 14.3 Å². The van der Waals surface area contributed by atoms with Crippen molar-refractivity contribution in [3.8, 4) is 0 Å². The summed E-state index contributed by atoms with van der Waals surface area (Å²) in [6, 6.07) is 0. The molecule has 0 spiro atoms. The second kappa shape index (κ2) is 5.26. The standard InChI is InChI=1S/C11H19NO3/c1-11(2,3-6-13)9-10(14)12-4-7-15-8-5-12/h6H,3-5,7-9H2,1-2H3. The lowest BCUT2D eigenvalue weighted by Crippen LogP contribution is -2.42. The molecule has 4 nitrogen and oxygen atoms in total. The third-order valence-electron chi connectivity index (χ3n) is 2.63. The van der Waals surface area contributed by atoms with Gasteiger partial charge >= 0.3 is 0 Å². The van der Waals surface area contributed by atoms with Crippen molar-refractivity contribution >= 4 is 12.2 Å². The van der Waals surface area contributed by atoms with Gasteiger partial charge in [-0.25, -0.2) is 0 Å². The number of aldehydes is 1. The molecule has 0 aromatic carbocycles. The quantitative estimate of drug-likeness (QED) is 0.650. The maximum atomic E-state index is 11.8. The summed E-state index contributed by atoms with van der Waals surface area (Å²) in [6.45, 7) is 6.49. The summed E-state index contributed by atoms with van der Waals surface area (Å²) < 4.78 is 5.18. The van der Waals surface area contributed by atoms with Gasteiger partial charge in [0.1, 0.15) is 6.29 Å². The Morgan fingerprint density at radius 3 is 2.53 bits per heavy atom. The molecule has 86 valence electrons. The molecule has 0 saturated carbocycles. The SMILES string of the molecule is CC(C)(CC=O)CC(=O)N1CCOCC1. The number of morpholine rings is 1. The average molecular weight is 213 g/mol. The minimum atomic E-state index is -0.225. The van der Waals surface area contributed by atoms with Crippen LogP contribution in [0.15, 0.2) is 0 Å². The van der Waals surface area contributed by atoms with E-state index in [2.05, 4.69) is 0 Å². The minimum absolute atomic E-state index is 0.130. The first-order valence-electron chi connectivity index (χ1n) is 5.34. The lowest BCUT2D eigenvalue weighted by atomic mass is 9.86. The van der Waals surface area contributed by atoms with Crippen molar-refractivity contribution in [1.82, 2.24) is 4.90 Å². The van der Waals surface area contributed by atoms with Gasteiger partial charge in [-0.15, -0.1) is 0 Å². The molecule has 0 aromatic rings. The largest absolute Gasteiger partial charge is 0.378 e. The predicted molar refractivity (Wildman–Crippen MR) is 56.5 cm³/mol. The van der Waals surface area contributed by atoms with Gasteiger partial charge in [-0.1, -0.05) is 13.8 Å². The van der Waals surface area contributed by atoms with Crippen LogP contribution in [0.3, 0.4) is 0 Å². The van der Waals surface area contributed by atoms with Crippen LogP contribution in [0.4, 0.5) is 0 Å². The average Bonchev–Trinajstić information content (AvgIpc) is 2.18. The van der Waals surface area contributed by atoms with E-state index in [1.54, 1.807) is 0 Å². The van der Waals surface area contributed by atoms with E-state index in [1.165, 1.54) is 0 Å². The molecule has 0 atom stereocenters. The zero-order chi connectivity index (χ0) is 11.3. The third kappa shape index (κ3) is 4.00. The van der Waals surface area contributed by atoms with Crippen molar-refractivity contribution < 1.29 is 14.3 Å². The van der Waals surface area contributed by atoms with Crippen molar-refractivity contribution in [2.75, 3.05) is 26.3 Å². The number of carbonyl (C=O) groups is 2. The fourth-order valence-corrected chi connectivity index (χ4v) is 1.63. The van der Waals surface area contributed by atoms with E-state index in [0.717, 1.165) is 6.29 Å². The third-order valence-corrected chi connectivity index (χ3v) is 2.63. The highest BCUT2D eigenvalue weighted by molar-refractivity contribution is 5.77. The second-order valence-corrected chi connectivity index (χ2v) is 4.70. The van der Waals surface area contributed by atoms with Gasteiger partial charge in [-0.3, -0.25) is 4.79 Å². The Balaban J connectivity index is 2.42. The Bertz CT molecular complexity index is 232. The van der Waals surface area contributed by atoms with Crippen molar-refractivity contribution in [2.45, 2.75) is 26.7 Å². The monoisotopic (exact) mass is 213 g/mol. The molecular weight excluding hydrogens is 194 g/mol. The minimum Gasteiger partial charge on any atom is -0.378 e. The van der Waals surface area contributed by atoms with Crippen LogP contribution >= 0.6 is 0 Å². The molecule has 1 aliphatic heterocycles. The Labute approximate surface area is 90.6 Å². The normalized spacial score (nSPS) is 17.6. The molecule has 0 unspecified atom stereocenters. The summed E-state index contributed by atoms with van der Waals surface area (Å²) in [5.41, 5.74) is -0.225. The van der Waals surface area contributed by atoms with E-state index >= 15 is 0 Å². The molecule has 0 bridgehead atoms. The van der Waals surface area contributed by atoms with Crippen LogP contribution in [0, 0.1) is 5.41 Å². The molecule has 1 fully saturated rings. The van der Waals surface area contributed by atoms with Crippen molar-refractivity contribution in [1.29, 1.82) is 0 Å². The highest BCUT2D eigenvalue weighted by atomic mass is 16.5. The zero-order valence-corrected chi connectivity index (χ0v) is 9.49. The molecule has 0 N–H and O–H groups in total. The summed E-state index contributed by atoms with van der Waals surface area (Å²) in [4.78, 5) is 24.1. The summed E-state index contributed by atoms with van der Waals surface area (Å²) in [5.74, 6) is 0.130. The fraction of sp³-hybridized carbons (Fsp3) is 0.818. The Morgan fingerprint density at radius 1 is 1.40 bits per heavy atom. The first-order chi connectivity index (χ1) is 7.05. The Morgan fingerprint density at radius 2 is 2.00 bits per heavy atom. The molecule has 0 aliphatic carbocycles. The molecule has 1 amide bonds. The first-order valence-corrected chi connectivity index (χ1v) is 5.34. The van der Waals surface area contributed by atoms with Crippen molar-refractivity contribution in [2.24, 2.45) is 5.41 Å². The van der Waals surface area contributed by atoms with Gasteiger partial charge in [-0.05, 0) is 5.41 Å². The fourth-order valence-electron chi connectivity index (χ4n) is 1.63. The number of amides is 1. The number of ether oxygens (including phenoxy) is 1. The summed E-state index contributed by atoms with van der Waals surface area (Å²) >= 11 is 0. The van der Waals surface area contributed by atoms with Crippen LogP contribution in [0.2, 0.25) is 0 Å². The highest BCUT2D eigenvalue weighted by Crippen LogP contribution is 2.24. The van der Waals surface area contributed by atoms with Gasteiger partial charge < -0.3 is 14.4 Å². The molecule has 1 aliphatic rings.